The van der Waals surface area contributed by atoms with Crippen LogP contribution in [-0.4, -0.2) is 7.05 Å². The molecule has 2 bridgehead atoms. The third-order valence-corrected chi connectivity index (χ3v) is 4.76. The van der Waals surface area contributed by atoms with Gasteiger partial charge in [-0.2, -0.15) is 0 Å². The Hall–Kier alpha value is -0.890. The lowest BCUT2D eigenvalue weighted by Crippen LogP contribution is -2.28. The summed E-state index contributed by atoms with van der Waals surface area (Å²) in [6.45, 7) is 0. The second-order valence-electron chi connectivity index (χ2n) is 5.66. The molecule has 2 fully saturated rings. The van der Waals surface area contributed by atoms with Crippen molar-refractivity contribution in [2.24, 2.45) is 17.8 Å². The quantitative estimate of drug-likeness (QED) is 0.842. The molecule has 4 unspecified atom stereocenters. The van der Waals surface area contributed by atoms with E-state index in [0.717, 1.165) is 17.8 Å². The molecule has 0 amide bonds. The van der Waals surface area contributed by atoms with Gasteiger partial charge in [-0.1, -0.05) is 18.6 Å². The van der Waals surface area contributed by atoms with Crippen molar-refractivity contribution in [2.75, 3.05) is 7.05 Å². The number of fused-ring (bicyclic) bond motifs is 2. The van der Waals surface area contributed by atoms with Gasteiger partial charge in [-0.25, -0.2) is 4.39 Å². The lowest BCUT2D eigenvalue weighted by Gasteiger charge is -2.30. The Bertz CT molecular complexity index is 386. The van der Waals surface area contributed by atoms with Gasteiger partial charge in [0.2, 0.25) is 0 Å². The molecular formula is C15H20FN. The minimum absolute atomic E-state index is 0.142. The van der Waals surface area contributed by atoms with E-state index in [2.05, 4.69) is 5.32 Å². The van der Waals surface area contributed by atoms with Gasteiger partial charge in [-0.3, -0.25) is 0 Å². The van der Waals surface area contributed by atoms with E-state index in [1.54, 1.807) is 12.1 Å². The van der Waals surface area contributed by atoms with Crippen LogP contribution in [0.4, 0.5) is 4.39 Å². The zero-order valence-corrected chi connectivity index (χ0v) is 10.3. The van der Waals surface area contributed by atoms with Gasteiger partial charge in [0.25, 0.3) is 0 Å². The molecule has 0 radical (unpaired) electrons. The van der Waals surface area contributed by atoms with Crippen LogP contribution >= 0.6 is 0 Å². The molecule has 1 nitrogen and oxygen atoms in total. The predicted molar refractivity (Wildman–Crippen MR) is 67.1 cm³/mol. The highest BCUT2D eigenvalue weighted by molar-refractivity contribution is 5.21. The predicted octanol–water partition coefficient (Wildman–Crippen LogP) is 3.52. The highest BCUT2D eigenvalue weighted by Crippen LogP contribution is 2.52. The van der Waals surface area contributed by atoms with Crippen molar-refractivity contribution in [1.29, 1.82) is 0 Å². The third kappa shape index (κ3) is 1.99. The first-order valence-corrected chi connectivity index (χ1v) is 6.70. The molecule has 17 heavy (non-hydrogen) atoms. The van der Waals surface area contributed by atoms with E-state index < -0.39 is 0 Å². The summed E-state index contributed by atoms with van der Waals surface area (Å²) < 4.78 is 13.0. The summed E-state index contributed by atoms with van der Waals surface area (Å²) in [5.41, 5.74) is 1.24. The smallest absolute Gasteiger partial charge is 0.123 e. The molecule has 2 heteroatoms. The van der Waals surface area contributed by atoms with Crippen LogP contribution in [0.5, 0.6) is 0 Å². The molecule has 0 saturated heterocycles. The molecular weight excluding hydrogens is 213 g/mol. The van der Waals surface area contributed by atoms with E-state index in [9.17, 15) is 4.39 Å². The normalized spacial score (nSPS) is 32.9. The molecule has 0 aliphatic heterocycles. The number of nitrogens with one attached hydrogen (secondary N) is 1. The highest BCUT2D eigenvalue weighted by Gasteiger charge is 2.42. The first kappa shape index (κ1) is 11.2. The molecule has 1 N–H and O–H groups in total. The Kier molecular flexibility index (Phi) is 2.91. The molecule has 0 heterocycles. The van der Waals surface area contributed by atoms with Gasteiger partial charge in [0.05, 0.1) is 0 Å². The molecule has 2 saturated carbocycles. The van der Waals surface area contributed by atoms with Gasteiger partial charge in [-0.15, -0.1) is 0 Å². The summed E-state index contributed by atoms with van der Waals surface area (Å²) in [5, 5.41) is 3.44. The van der Waals surface area contributed by atoms with Crippen LogP contribution in [0, 0.1) is 23.6 Å². The van der Waals surface area contributed by atoms with E-state index >= 15 is 0 Å². The van der Waals surface area contributed by atoms with Crippen molar-refractivity contribution in [2.45, 2.75) is 31.7 Å². The average molecular weight is 233 g/mol. The molecule has 1 aromatic rings. The lowest BCUT2D eigenvalue weighted by molar-refractivity contribution is 0.259. The summed E-state index contributed by atoms with van der Waals surface area (Å²) >= 11 is 0. The van der Waals surface area contributed by atoms with Crippen molar-refractivity contribution >= 4 is 0 Å². The maximum absolute atomic E-state index is 13.0. The van der Waals surface area contributed by atoms with Crippen molar-refractivity contribution < 1.29 is 4.39 Å². The van der Waals surface area contributed by atoms with Gasteiger partial charge < -0.3 is 5.32 Å². The number of benzene rings is 1. The molecule has 2 aliphatic rings. The number of hydrogen-bond donors (Lipinski definition) is 1. The fourth-order valence-corrected chi connectivity index (χ4v) is 4.00. The van der Waals surface area contributed by atoms with E-state index in [-0.39, 0.29) is 5.82 Å². The van der Waals surface area contributed by atoms with Crippen LogP contribution in [0.3, 0.4) is 0 Å². The number of rotatable bonds is 3. The zero-order chi connectivity index (χ0) is 11.8. The minimum Gasteiger partial charge on any atom is -0.313 e. The van der Waals surface area contributed by atoms with Crippen LogP contribution in [0.1, 0.15) is 37.3 Å². The maximum atomic E-state index is 13.0. The Labute approximate surface area is 102 Å². The fourth-order valence-electron chi connectivity index (χ4n) is 4.00. The SMILES string of the molecule is CNC(c1ccc(F)cc1)C1CC2CCC1C2. The summed E-state index contributed by atoms with van der Waals surface area (Å²) in [6, 6.07) is 7.43. The van der Waals surface area contributed by atoms with Gasteiger partial charge >= 0.3 is 0 Å². The molecule has 0 aromatic heterocycles. The Morgan fingerprint density at radius 2 is 1.94 bits per heavy atom. The molecule has 2 aliphatic carbocycles. The summed E-state index contributed by atoms with van der Waals surface area (Å²) in [7, 11) is 2.03. The Morgan fingerprint density at radius 1 is 1.18 bits per heavy atom. The first-order chi connectivity index (χ1) is 8.28. The van der Waals surface area contributed by atoms with E-state index in [4.69, 9.17) is 0 Å². The third-order valence-electron chi connectivity index (χ3n) is 4.76. The van der Waals surface area contributed by atoms with Crippen molar-refractivity contribution in [1.82, 2.24) is 5.32 Å². The first-order valence-electron chi connectivity index (χ1n) is 6.70. The van der Waals surface area contributed by atoms with Gasteiger partial charge in [0, 0.05) is 6.04 Å². The van der Waals surface area contributed by atoms with Crippen molar-refractivity contribution in [3.63, 3.8) is 0 Å². The molecule has 92 valence electrons. The topological polar surface area (TPSA) is 12.0 Å². The maximum Gasteiger partial charge on any atom is 0.123 e. The number of hydrogen-bond acceptors (Lipinski definition) is 1. The van der Waals surface area contributed by atoms with Crippen molar-refractivity contribution in [3.05, 3.63) is 35.6 Å². The summed E-state index contributed by atoms with van der Waals surface area (Å²) in [5.74, 6) is 2.46. The lowest BCUT2D eigenvalue weighted by atomic mass is 9.80. The van der Waals surface area contributed by atoms with Gasteiger partial charge in [-0.05, 0) is 61.8 Å². The second kappa shape index (κ2) is 4.41. The standard InChI is InChI=1S/C15H20FN/c1-17-15(11-4-6-13(16)7-5-11)14-9-10-2-3-12(14)8-10/h4-7,10,12,14-15,17H,2-3,8-9H2,1H3. The molecule has 1 aromatic carbocycles. The Balaban J connectivity index is 1.81. The summed E-state index contributed by atoms with van der Waals surface area (Å²) in [4.78, 5) is 0. The van der Waals surface area contributed by atoms with Crippen molar-refractivity contribution in [3.8, 4) is 0 Å². The van der Waals surface area contributed by atoms with Crippen LogP contribution in [0.15, 0.2) is 24.3 Å². The average Bonchev–Trinajstić information content (AvgIpc) is 2.95. The molecule has 4 atom stereocenters. The van der Waals surface area contributed by atoms with Crippen LogP contribution in [-0.2, 0) is 0 Å². The Morgan fingerprint density at radius 3 is 2.47 bits per heavy atom. The van der Waals surface area contributed by atoms with Gasteiger partial charge in [0.1, 0.15) is 5.82 Å². The van der Waals surface area contributed by atoms with Crippen LogP contribution in [0.2, 0.25) is 0 Å². The minimum atomic E-state index is -0.142. The largest absolute Gasteiger partial charge is 0.313 e. The van der Waals surface area contributed by atoms with E-state index in [1.807, 2.05) is 19.2 Å². The second-order valence-corrected chi connectivity index (χ2v) is 5.66. The fraction of sp³-hybridized carbons (Fsp3) is 0.600. The molecule has 3 rings (SSSR count). The van der Waals surface area contributed by atoms with E-state index in [0.29, 0.717) is 6.04 Å². The zero-order valence-electron chi connectivity index (χ0n) is 10.3. The highest BCUT2D eigenvalue weighted by atomic mass is 19.1. The number of halogens is 1. The molecule has 0 spiro atoms. The van der Waals surface area contributed by atoms with Crippen LogP contribution in [0.25, 0.3) is 0 Å². The van der Waals surface area contributed by atoms with Gasteiger partial charge in [0.15, 0.2) is 0 Å². The monoisotopic (exact) mass is 233 g/mol. The summed E-state index contributed by atoms with van der Waals surface area (Å²) in [6.07, 6.45) is 5.60. The van der Waals surface area contributed by atoms with Crippen LogP contribution < -0.4 is 5.32 Å². The van der Waals surface area contributed by atoms with E-state index in [1.165, 1.54) is 31.2 Å².